The standard InChI is InChI=1S/C12H13FO2S2/c1-8(2)17(14,15)7-9-6-16-12-4-3-10(13)5-11(9)12/h3-6,8H,7H2,1-2H3. The monoisotopic (exact) mass is 272 g/mol. The Kier molecular flexibility index (Phi) is 3.23. The first kappa shape index (κ1) is 12.5. The molecule has 0 aliphatic carbocycles. The van der Waals surface area contributed by atoms with Crippen LogP contribution in [-0.2, 0) is 15.6 Å². The van der Waals surface area contributed by atoms with Gasteiger partial charge in [-0.2, -0.15) is 0 Å². The van der Waals surface area contributed by atoms with E-state index in [0.29, 0.717) is 10.9 Å². The van der Waals surface area contributed by atoms with Crippen molar-refractivity contribution < 1.29 is 12.8 Å². The number of thiophene rings is 1. The molecule has 0 fully saturated rings. The van der Waals surface area contributed by atoms with Crippen molar-refractivity contribution in [3.05, 3.63) is 35.0 Å². The second kappa shape index (κ2) is 4.38. The molecule has 92 valence electrons. The third-order valence-corrected chi connectivity index (χ3v) is 5.85. The van der Waals surface area contributed by atoms with Crippen LogP contribution in [0.3, 0.4) is 0 Å². The van der Waals surface area contributed by atoms with Crippen molar-refractivity contribution in [1.29, 1.82) is 0 Å². The quantitative estimate of drug-likeness (QED) is 0.858. The molecule has 0 aliphatic heterocycles. The highest BCUT2D eigenvalue weighted by molar-refractivity contribution is 7.91. The lowest BCUT2D eigenvalue weighted by Crippen LogP contribution is -2.15. The molecular weight excluding hydrogens is 259 g/mol. The largest absolute Gasteiger partial charge is 0.228 e. The number of benzene rings is 1. The Balaban J connectivity index is 2.47. The molecule has 0 atom stereocenters. The Labute approximate surface area is 104 Å². The van der Waals surface area contributed by atoms with E-state index in [1.807, 2.05) is 0 Å². The molecule has 1 aromatic carbocycles. The summed E-state index contributed by atoms with van der Waals surface area (Å²) in [4.78, 5) is 0. The van der Waals surface area contributed by atoms with E-state index in [0.717, 1.165) is 4.70 Å². The van der Waals surface area contributed by atoms with E-state index in [4.69, 9.17) is 0 Å². The number of rotatable bonds is 3. The molecule has 5 heteroatoms. The summed E-state index contributed by atoms with van der Waals surface area (Å²) in [5.41, 5.74) is 0.693. The molecular formula is C12H13FO2S2. The second-order valence-corrected chi connectivity index (χ2v) is 7.73. The maximum absolute atomic E-state index is 13.1. The van der Waals surface area contributed by atoms with Gasteiger partial charge in [0.2, 0.25) is 0 Å². The zero-order chi connectivity index (χ0) is 12.6. The molecule has 0 saturated carbocycles. The molecule has 1 heterocycles. The molecule has 2 aromatic rings. The van der Waals surface area contributed by atoms with E-state index in [2.05, 4.69) is 0 Å². The molecule has 1 aromatic heterocycles. The van der Waals surface area contributed by atoms with Gasteiger partial charge in [0.1, 0.15) is 5.82 Å². The first-order valence-corrected chi connectivity index (χ1v) is 7.87. The van der Waals surface area contributed by atoms with Crippen LogP contribution in [-0.4, -0.2) is 13.7 Å². The van der Waals surface area contributed by atoms with E-state index >= 15 is 0 Å². The van der Waals surface area contributed by atoms with E-state index < -0.39 is 15.1 Å². The highest BCUT2D eigenvalue weighted by Gasteiger charge is 2.19. The Morgan fingerprint density at radius 3 is 2.71 bits per heavy atom. The third-order valence-electron chi connectivity index (χ3n) is 2.69. The Hall–Kier alpha value is -0.940. The summed E-state index contributed by atoms with van der Waals surface area (Å²) in [5.74, 6) is -0.354. The summed E-state index contributed by atoms with van der Waals surface area (Å²) in [6, 6.07) is 4.47. The number of hydrogen-bond donors (Lipinski definition) is 0. The highest BCUT2D eigenvalue weighted by atomic mass is 32.2. The van der Waals surface area contributed by atoms with Crippen LogP contribution in [0.2, 0.25) is 0 Å². The summed E-state index contributed by atoms with van der Waals surface area (Å²) in [7, 11) is -3.14. The molecule has 0 aliphatic rings. The maximum atomic E-state index is 13.1. The van der Waals surface area contributed by atoms with Gasteiger partial charge < -0.3 is 0 Å². The Morgan fingerprint density at radius 2 is 2.06 bits per heavy atom. The second-order valence-electron chi connectivity index (χ2n) is 4.26. The lowest BCUT2D eigenvalue weighted by atomic mass is 10.2. The van der Waals surface area contributed by atoms with Crippen LogP contribution in [0.4, 0.5) is 4.39 Å². The first-order valence-electron chi connectivity index (χ1n) is 5.27. The molecule has 0 N–H and O–H groups in total. The summed E-state index contributed by atoms with van der Waals surface area (Å²) in [5, 5.41) is 2.09. The summed E-state index contributed by atoms with van der Waals surface area (Å²) >= 11 is 1.44. The normalized spacial score (nSPS) is 12.5. The van der Waals surface area contributed by atoms with E-state index in [1.165, 1.54) is 23.5 Å². The molecule has 2 nitrogen and oxygen atoms in total. The maximum Gasteiger partial charge on any atom is 0.156 e. The van der Waals surface area contributed by atoms with Crippen LogP contribution >= 0.6 is 11.3 Å². The lowest BCUT2D eigenvalue weighted by Gasteiger charge is -2.06. The fourth-order valence-electron chi connectivity index (χ4n) is 1.55. The minimum atomic E-state index is -3.14. The van der Waals surface area contributed by atoms with Gasteiger partial charge in [-0.25, -0.2) is 12.8 Å². The van der Waals surface area contributed by atoms with E-state index in [1.54, 1.807) is 25.3 Å². The number of sulfone groups is 1. The number of halogens is 1. The zero-order valence-electron chi connectivity index (χ0n) is 9.60. The highest BCUT2D eigenvalue weighted by Crippen LogP contribution is 2.28. The minimum absolute atomic E-state index is 0.0197. The van der Waals surface area contributed by atoms with Crippen molar-refractivity contribution >= 4 is 31.3 Å². The lowest BCUT2D eigenvalue weighted by molar-refractivity contribution is 0.586. The van der Waals surface area contributed by atoms with Crippen LogP contribution in [0.15, 0.2) is 23.6 Å². The van der Waals surface area contributed by atoms with Crippen LogP contribution in [0.1, 0.15) is 19.4 Å². The Morgan fingerprint density at radius 1 is 1.35 bits per heavy atom. The van der Waals surface area contributed by atoms with Crippen molar-refractivity contribution in [2.24, 2.45) is 0 Å². The molecule has 0 saturated heterocycles. The smallest absolute Gasteiger partial charge is 0.156 e. The van der Waals surface area contributed by atoms with Gasteiger partial charge in [0, 0.05) is 4.70 Å². The predicted molar refractivity (Wildman–Crippen MR) is 69.5 cm³/mol. The van der Waals surface area contributed by atoms with Crippen molar-refractivity contribution in [3.63, 3.8) is 0 Å². The third kappa shape index (κ3) is 2.50. The van der Waals surface area contributed by atoms with Gasteiger partial charge in [-0.1, -0.05) is 0 Å². The van der Waals surface area contributed by atoms with Gasteiger partial charge in [-0.05, 0) is 48.4 Å². The topological polar surface area (TPSA) is 34.1 Å². The summed E-state index contributed by atoms with van der Waals surface area (Å²) in [6.07, 6.45) is 0. The summed E-state index contributed by atoms with van der Waals surface area (Å²) in [6.45, 7) is 3.31. The van der Waals surface area contributed by atoms with Gasteiger partial charge in [0.05, 0.1) is 11.0 Å². The fourth-order valence-corrected chi connectivity index (χ4v) is 3.60. The van der Waals surface area contributed by atoms with Crippen LogP contribution < -0.4 is 0 Å². The molecule has 0 radical (unpaired) electrons. The van der Waals surface area contributed by atoms with E-state index in [-0.39, 0.29) is 11.6 Å². The van der Waals surface area contributed by atoms with Crippen molar-refractivity contribution in [2.45, 2.75) is 24.9 Å². The van der Waals surface area contributed by atoms with Crippen molar-refractivity contribution in [1.82, 2.24) is 0 Å². The van der Waals surface area contributed by atoms with Gasteiger partial charge in [0.15, 0.2) is 9.84 Å². The molecule has 0 spiro atoms. The van der Waals surface area contributed by atoms with E-state index in [9.17, 15) is 12.8 Å². The Bertz CT molecular complexity index is 642. The minimum Gasteiger partial charge on any atom is -0.228 e. The van der Waals surface area contributed by atoms with Gasteiger partial charge >= 0.3 is 0 Å². The average molecular weight is 272 g/mol. The fraction of sp³-hybridized carbons (Fsp3) is 0.333. The summed E-state index contributed by atoms with van der Waals surface area (Å²) < 4.78 is 37.7. The van der Waals surface area contributed by atoms with Crippen LogP contribution in [0.25, 0.3) is 10.1 Å². The molecule has 0 amide bonds. The molecule has 2 rings (SSSR count). The number of hydrogen-bond acceptors (Lipinski definition) is 3. The molecule has 0 unspecified atom stereocenters. The first-order chi connectivity index (χ1) is 7.90. The molecule has 17 heavy (non-hydrogen) atoms. The van der Waals surface area contributed by atoms with Crippen molar-refractivity contribution in [3.8, 4) is 0 Å². The number of fused-ring (bicyclic) bond motifs is 1. The molecule has 0 bridgehead atoms. The van der Waals surface area contributed by atoms with Gasteiger partial charge in [-0.3, -0.25) is 0 Å². The van der Waals surface area contributed by atoms with Gasteiger partial charge in [-0.15, -0.1) is 11.3 Å². The average Bonchev–Trinajstić information content (AvgIpc) is 2.60. The van der Waals surface area contributed by atoms with Crippen LogP contribution in [0.5, 0.6) is 0 Å². The predicted octanol–water partition coefficient (Wildman–Crippen LogP) is 3.36. The van der Waals surface area contributed by atoms with Crippen LogP contribution in [0, 0.1) is 5.82 Å². The zero-order valence-corrected chi connectivity index (χ0v) is 11.2. The van der Waals surface area contributed by atoms with Gasteiger partial charge in [0.25, 0.3) is 0 Å². The van der Waals surface area contributed by atoms with Crippen molar-refractivity contribution in [2.75, 3.05) is 0 Å². The SMILES string of the molecule is CC(C)S(=O)(=O)Cc1csc2ccc(F)cc12.